The number of aliphatic hydroxyl groups is 1. The number of amides is 1. The number of alkyl carbamates (subject to hydrolysis) is 1. The van der Waals surface area contributed by atoms with Crippen LogP contribution in [-0.4, -0.2) is 46.5 Å². The van der Waals surface area contributed by atoms with E-state index in [4.69, 9.17) is 9.47 Å². The van der Waals surface area contributed by atoms with Crippen molar-refractivity contribution in [3.05, 3.63) is 36.0 Å². The van der Waals surface area contributed by atoms with Gasteiger partial charge in [0.1, 0.15) is 5.60 Å². The predicted octanol–water partition coefficient (Wildman–Crippen LogP) is 2.92. The Hall–Kier alpha value is -2.54. The minimum Gasteiger partial charge on any atom is -0.466 e. The van der Waals surface area contributed by atoms with Gasteiger partial charge in [-0.05, 0) is 45.7 Å². The van der Waals surface area contributed by atoms with Crippen LogP contribution in [0, 0.1) is 0 Å². The van der Waals surface area contributed by atoms with Crippen molar-refractivity contribution in [2.45, 2.75) is 58.3 Å². The van der Waals surface area contributed by atoms with Crippen molar-refractivity contribution in [2.75, 3.05) is 6.61 Å². The summed E-state index contributed by atoms with van der Waals surface area (Å²) in [4.78, 5) is 27.1. The normalized spacial score (nSPS) is 13.8. The number of fused-ring (bicyclic) bond motifs is 1. The van der Waals surface area contributed by atoms with Crippen LogP contribution in [0.3, 0.4) is 0 Å². The number of H-pyrrole nitrogens is 1. The van der Waals surface area contributed by atoms with E-state index < -0.39 is 29.8 Å². The second-order valence-electron chi connectivity index (χ2n) is 7.39. The third kappa shape index (κ3) is 6.29. The van der Waals surface area contributed by atoms with E-state index in [1.807, 2.05) is 30.5 Å². The average Bonchev–Trinajstić information content (AvgIpc) is 2.96. The van der Waals surface area contributed by atoms with Crippen LogP contribution in [0.2, 0.25) is 0 Å². The number of carbonyl (C=O) groups excluding carboxylic acids is 2. The fraction of sp³-hybridized carbons (Fsp3) is 0.500. The summed E-state index contributed by atoms with van der Waals surface area (Å²) in [6, 6.07) is 7.05. The van der Waals surface area contributed by atoms with E-state index in [1.165, 1.54) is 0 Å². The maximum atomic E-state index is 12.2. The highest BCUT2D eigenvalue weighted by Crippen LogP contribution is 2.21. The second kappa shape index (κ2) is 8.90. The van der Waals surface area contributed by atoms with E-state index >= 15 is 0 Å². The maximum Gasteiger partial charge on any atom is 0.407 e. The fourth-order valence-electron chi connectivity index (χ4n) is 2.81. The first kappa shape index (κ1) is 20.8. The third-order valence-corrected chi connectivity index (χ3v) is 3.96. The zero-order valence-electron chi connectivity index (χ0n) is 16.2. The van der Waals surface area contributed by atoms with Crippen LogP contribution in [0.1, 0.15) is 39.7 Å². The molecule has 7 nitrogen and oxygen atoms in total. The van der Waals surface area contributed by atoms with Crippen LogP contribution < -0.4 is 5.32 Å². The Morgan fingerprint density at radius 3 is 2.63 bits per heavy atom. The molecule has 0 radical (unpaired) electrons. The number of hydrogen-bond acceptors (Lipinski definition) is 5. The molecule has 0 aliphatic rings. The molecule has 2 atom stereocenters. The number of benzene rings is 1. The number of esters is 1. The van der Waals surface area contributed by atoms with Crippen molar-refractivity contribution < 1.29 is 24.2 Å². The highest BCUT2D eigenvalue weighted by Gasteiger charge is 2.27. The van der Waals surface area contributed by atoms with Gasteiger partial charge in [-0.1, -0.05) is 18.2 Å². The molecule has 0 saturated carbocycles. The molecule has 3 N–H and O–H groups in total. The Morgan fingerprint density at radius 1 is 1.26 bits per heavy atom. The molecule has 0 saturated heterocycles. The first-order valence-electron chi connectivity index (χ1n) is 9.07. The smallest absolute Gasteiger partial charge is 0.407 e. The monoisotopic (exact) mass is 376 g/mol. The summed E-state index contributed by atoms with van der Waals surface area (Å²) in [5, 5.41) is 14.2. The van der Waals surface area contributed by atoms with Crippen LogP contribution in [0.25, 0.3) is 10.9 Å². The summed E-state index contributed by atoms with van der Waals surface area (Å²) >= 11 is 0. The van der Waals surface area contributed by atoms with Gasteiger partial charge >= 0.3 is 12.1 Å². The molecule has 2 rings (SSSR count). The average molecular weight is 376 g/mol. The van der Waals surface area contributed by atoms with Gasteiger partial charge in [-0.2, -0.15) is 0 Å². The Labute approximate surface area is 159 Å². The number of para-hydroxylation sites is 1. The lowest BCUT2D eigenvalue weighted by atomic mass is 9.99. The standard InChI is InChI=1S/C20H28N2O5/c1-5-26-18(24)11-17(23)16(22-19(25)27-20(2,3)4)10-13-12-21-15-9-7-6-8-14(13)15/h6-9,12,16-17,21,23H,5,10-11H2,1-4H3,(H,22,25)/t16-,17?/m0/s1. The van der Waals surface area contributed by atoms with Gasteiger partial charge in [0.05, 0.1) is 25.2 Å². The molecular weight excluding hydrogens is 348 g/mol. The van der Waals surface area contributed by atoms with Gasteiger partial charge in [0.2, 0.25) is 0 Å². The van der Waals surface area contributed by atoms with Gasteiger partial charge in [0.15, 0.2) is 0 Å². The lowest BCUT2D eigenvalue weighted by Gasteiger charge is -2.26. The lowest BCUT2D eigenvalue weighted by Crippen LogP contribution is -2.47. The third-order valence-electron chi connectivity index (χ3n) is 3.96. The topological polar surface area (TPSA) is 101 Å². The molecule has 0 fully saturated rings. The van der Waals surface area contributed by atoms with Crippen LogP contribution in [0.5, 0.6) is 0 Å². The van der Waals surface area contributed by atoms with Gasteiger partial charge in [-0.25, -0.2) is 4.79 Å². The summed E-state index contributed by atoms with van der Waals surface area (Å²) < 4.78 is 10.2. The number of rotatable bonds is 7. The van der Waals surface area contributed by atoms with E-state index in [0.29, 0.717) is 6.42 Å². The summed E-state index contributed by atoms with van der Waals surface area (Å²) in [6.45, 7) is 7.22. The largest absolute Gasteiger partial charge is 0.466 e. The lowest BCUT2D eigenvalue weighted by molar-refractivity contribution is -0.145. The zero-order valence-corrected chi connectivity index (χ0v) is 16.2. The molecule has 1 amide bonds. The molecule has 0 spiro atoms. The minimum absolute atomic E-state index is 0.212. The van der Waals surface area contributed by atoms with Crippen LogP contribution in [-0.2, 0) is 20.7 Å². The highest BCUT2D eigenvalue weighted by molar-refractivity contribution is 5.83. The molecule has 0 bridgehead atoms. The summed E-state index contributed by atoms with van der Waals surface area (Å²) in [6.07, 6.45) is 0.215. The fourth-order valence-corrected chi connectivity index (χ4v) is 2.81. The maximum absolute atomic E-state index is 12.2. The van der Waals surface area contributed by atoms with Crippen molar-refractivity contribution in [3.63, 3.8) is 0 Å². The Morgan fingerprint density at radius 2 is 1.96 bits per heavy atom. The van der Waals surface area contributed by atoms with E-state index in [-0.39, 0.29) is 13.0 Å². The molecule has 1 heterocycles. The molecule has 0 aliphatic heterocycles. The highest BCUT2D eigenvalue weighted by atomic mass is 16.6. The molecule has 1 aromatic carbocycles. The van der Waals surface area contributed by atoms with Crippen LogP contribution in [0.4, 0.5) is 4.79 Å². The second-order valence-corrected chi connectivity index (χ2v) is 7.39. The van der Waals surface area contributed by atoms with Crippen molar-refractivity contribution in [1.29, 1.82) is 0 Å². The van der Waals surface area contributed by atoms with E-state index in [1.54, 1.807) is 27.7 Å². The zero-order chi connectivity index (χ0) is 20.0. The minimum atomic E-state index is -1.11. The van der Waals surface area contributed by atoms with E-state index in [9.17, 15) is 14.7 Å². The van der Waals surface area contributed by atoms with Crippen LogP contribution >= 0.6 is 0 Å². The summed E-state index contributed by atoms with van der Waals surface area (Å²) in [5.74, 6) is -0.514. The Balaban J connectivity index is 2.17. The molecule has 7 heteroatoms. The van der Waals surface area contributed by atoms with Gasteiger partial charge in [0, 0.05) is 17.1 Å². The summed E-state index contributed by atoms with van der Waals surface area (Å²) in [7, 11) is 0. The molecule has 148 valence electrons. The van der Waals surface area contributed by atoms with Gasteiger partial charge in [0.25, 0.3) is 0 Å². The molecule has 0 aliphatic carbocycles. The SMILES string of the molecule is CCOC(=O)CC(O)[C@H](Cc1c[nH]c2ccccc12)NC(=O)OC(C)(C)C. The van der Waals surface area contributed by atoms with Crippen molar-refractivity contribution >= 4 is 23.0 Å². The molecule has 27 heavy (non-hydrogen) atoms. The van der Waals surface area contributed by atoms with Crippen molar-refractivity contribution in [1.82, 2.24) is 10.3 Å². The summed E-state index contributed by atoms with van der Waals surface area (Å²) in [5.41, 5.74) is 1.22. The van der Waals surface area contributed by atoms with E-state index in [2.05, 4.69) is 10.3 Å². The Kier molecular flexibility index (Phi) is 6.85. The first-order chi connectivity index (χ1) is 12.7. The first-order valence-corrected chi connectivity index (χ1v) is 9.07. The van der Waals surface area contributed by atoms with Gasteiger partial charge < -0.3 is 24.9 Å². The van der Waals surface area contributed by atoms with Crippen molar-refractivity contribution in [3.8, 4) is 0 Å². The van der Waals surface area contributed by atoms with Crippen LogP contribution in [0.15, 0.2) is 30.5 Å². The molecule has 1 aromatic heterocycles. The quantitative estimate of drug-likeness (QED) is 0.645. The molecule has 1 unspecified atom stereocenters. The Bertz CT molecular complexity index is 778. The van der Waals surface area contributed by atoms with Gasteiger partial charge in [-0.3, -0.25) is 4.79 Å². The number of aliphatic hydroxyl groups excluding tert-OH is 1. The molecule has 2 aromatic rings. The van der Waals surface area contributed by atoms with E-state index in [0.717, 1.165) is 16.5 Å². The number of carbonyl (C=O) groups is 2. The molecular formula is C20H28N2O5. The predicted molar refractivity (Wildman–Crippen MR) is 102 cm³/mol. The number of hydrogen-bond donors (Lipinski definition) is 3. The number of ether oxygens (including phenoxy) is 2. The number of aromatic nitrogens is 1. The van der Waals surface area contributed by atoms with Gasteiger partial charge in [-0.15, -0.1) is 0 Å². The number of aromatic amines is 1. The van der Waals surface area contributed by atoms with Crippen molar-refractivity contribution in [2.24, 2.45) is 0 Å². The number of nitrogens with one attached hydrogen (secondary N) is 2.